The highest BCUT2D eigenvalue weighted by Crippen LogP contribution is 2.34. The van der Waals surface area contributed by atoms with Crippen molar-refractivity contribution >= 4 is 27.5 Å². The zero-order valence-corrected chi connectivity index (χ0v) is 15.2. The number of nitrogens with one attached hydrogen (secondary N) is 1. The second kappa shape index (κ2) is 8.49. The average molecular weight is 415 g/mol. The first-order valence-corrected chi connectivity index (χ1v) is 8.52. The van der Waals surface area contributed by atoms with Gasteiger partial charge in [0.25, 0.3) is 0 Å². The summed E-state index contributed by atoms with van der Waals surface area (Å²) in [5, 5.41) is 2.37. The Morgan fingerprint density at radius 3 is 2.40 bits per heavy atom. The maximum Gasteiger partial charge on any atom is 0.418 e. The molecule has 2 aromatic rings. The largest absolute Gasteiger partial charge is 0.418 e. The lowest BCUT2D eigenvalue weighted by molar-refractivity contribution is -0.137. The summed E-state index contributed by atoms with van der Waals surface area (Å²) < 4.78 is 39.9. The van der Waals surface area contributed by atoms with E-state index in [0.717, 1.165) is 16.1 Å². The molecule has 0 aliphatic rings. The molecule has 134 valence electrons. The van der Waals surface area contributed by atoms with E-state index in [2.05, 4.69) is 21.2 Å². The van der Waals surface area contributed by atoms with Crippen molar-refractivity contribution in [3.63, 3.8) is 0 Å². The number of para-hydroxylation sites is 1. The van der Waals surface area contributed by atoms with Gasteiger partial charge in [-0.1, -0.05) is 53.2 Å². The van der Waals surface area contributed by atoms with E-state index in [1.165, 1.54) is 18.2 Å². The van der Waals surface area contributed by atoms with E-state index >= 15 is 0 Å². The maximum atomic E-state index is 13.0. The molecule has 0 unspecified atom stereocenters. The van der Waals surface area contributed by atoms with Crippen LogP contribution < -0.4 is 5.32 Å². The van der Waals surface area contributed by atoms with E-state index < -0.39 is 17.6 Å². The molecular weight excluding hydrogens is 397 g/mol. The highest BCUT2D eigenvalue weighted by atomic mass is 79.9. The number of carbonyl (C=O) groups excluding carboxylic acids is 1. The number of nitrogens with zero attached hydrogens (tertiary/aromatic N) is 1. The third-order valence-corrected chi connectivity index (χ3v) is 4.45. The summed E-state index contributed by atoms with van der Waals surface area (Å²) in [6, 6.07) is 12.6. The Labute approximate surface area is 153 Å². The normalized spacial score (nSPS) is 11.6. The van der Waals surface area contributed by atoms with Gasteiger partial charge in [0, 0.05) is 11.0 Å². The van der Waals surface area contributed by atoms with Crippen molar-refractivity contribution in [3.8, 4) is 0 Å². The molecule has 3 nitrogen and oxygen atoms in total. The van der Waals surface area contributed by atoms with E-state index in [0.29, 0.717) is 13.1 Å². The molecule has 2 aromatic carbocycles. The van der Waals surface area contributed by atoms with Gasteiger partial charge in [-0.05, 0) is 30.3 Å². The molecule has 2 rings (SSSR count). The van der Waals surface area contributed by atoms with Gasteiger partial charge < -0.3 is 5.32 Å². The molecule has 0 atom stereocenters. The van der Waals surface area contributed by atoms with Crippen LogP contribution in [-0.4, -0.2) is 23.9 Å². The quantitative estimate of drug-likeness (QED) is 0.726. The van der Waals surface area contributed by atoms with E-state index in [4.69, 9.17) is 0 Å². The number of rotatable bonds is 6. The van der Waals surface area contributed by atoms with Gasteiger partial charge in [-0.15, -0.1) is 0 Å². The van der Waals surface area contributed by atoms with Crippen LogP contribution in [0.25, 0.3) is 0 Å². The molecule has 0 aliphatic carbocycles. The number of benzene rings is 2. The van der Waals surface area contributed by atoms with Crippen molar-refractivity contribution in [3.05, 3.63) is 64.1 Å². The summed E-state index contributed by atoms with van der Waals surface area (Å²) in [6.45, 7) is 3.01. The molecule has 1 amide bonds. The van der Waals surface area contributed by atoms with Gasteiger partial charge in [0.15, 0.2) is 0 Å². The summed E-state index contributed by atoms with van der Waals surface area (Å²) in [7, 11) is 0. The van der Waals surface area contributed by atoms with Crippen molar-refractivity contribution in [2.45, 2.75) is 19.6 Å². The van der Waals surface area contributed by atoms with Gasteiger partial charge in [0.1, 0.15) is 0 Å². The molecule has 25 heavy (non-hydrogen) atoms. The number of halogens is 4. The van der Waals surface area contributed by atoms with Gasteiger partial charge in [-0.25, -0.2) is 0 Å². The lowest BCUT2D eigenvalue weighted by Crippen LogP contribution is -2.33. The smallest absolute Gasteiger partial charge is 0.324 e. The highest BCUT2D eigenvalue weighted by molar-refractivity contribution is 9.10. The fourth-order valence-corrected chi connectivity index (χ4v) is 2.79. The van der Waals surface area contributed by atoms with Gasteiger partial charge in [0.05, 0.1) is 17.8 Å². The maximum absolute atomic E-state index is 13.0. The standard InChI is InChI=1S/C18H18BrF3N2O/c1-2-24(11-13-7-3-5-9-15(13)19)12-17(25)23-16-10-6-4-8-14(16)18(20,21)22/h3-10H,2,11-12H2,1H3,(H,23,25). The molecule has 0 bridgehead atoms. The van der Waals surface area contributed by atoms with Crippen LogP contribution in [0, 0.1) is 0 Å². The van der Waals surface area contributed by atoms with Crippen LogP contribution in [0.4, 0.5) is 18.9 Å². The molecule has 0 spiro atoms. The lowest BCUT2D eigenvalue weighted by Gasteiger charge is -2.21. The molecule has 0 aromatic heterocycles. The molecule has 0 heterocycles. The molecule has 0 fully saturated rings. The van der Waals surface area contributed by atoms with Crippen molar-refractivity contribution in [2.75, 3.05) is 18.4 Å². The van der Waals surface area contributed by atoms with E-state index in [9.17, 15) is 18.0 Å². The molecule has 0 aliphatic heterocycles. The van der Waals surface area contributed by atoms with E-state index in [1.807, 2.05) is 36.1 Å². The number of anilines is 1. The molecular formula is C18H18BrF3N2O. The number of hydrogen-bond donors (Lipinski definition) is 1. The van der Waals surface area contributed by atoms with Crippen LogP contribution in [0.3, 0.4) is 0 Å². The topological polar surface area (TPSA) is 32.3 Å². The summed E-state index contributed by atoms with van der Waals surface area (Å²) in [5.41, 5.74) is -0.0676. The summed E-state index contributed by atoms with van der Waals surface area (Å²) >= 11 is 3.45. The van der Waals surface area contributed by atoms with E-state index in [1.54, 1.807) is 0 Å². The number of carbonyl (C=O) groups is 1. The zero-order chi connectivity index (χ0) is 18.4. The average Bonchev–Trinajstić information content (AvgIpc) is 2.55. The van der Waals surface area contributed by atoms with Crippen LogP contribution in [-0.2, 0) is 17.5 Å². The van der Waals surface area contributed by atoms with Crippen molar-refractivity contribution in [1.29, 1.82) is 0 Å². The molecule has 7 heteroatoms. The van der Waals surface area contributed by atoms with Crippen LogP contribution in [0.15, 0.2) is 53.0 Å². The Morgan fingerprint density at radius 1 is 1.12 bits per heavy atom. The second-order valence-corrected chi connectivity index (χ2v) is 6.34. The third-order valence-electron chi connectivity index (χ3n) is 3.67. The molecule has 1 N–H and O–H groups in total. The number of alkyl halides is 3. The van der Waals surface area contributed by atoms with Crippen LogP contribution in [0.2, 0.25) is 0 Å². The molecule has 0 saturated heterocycles. The fraction of sp³-hybridized carbons (Fsp3) is 0.278. The second-order valence-electron chi connectivity index (χ2n) is 5.49. The summed E-state index contributed by atoms with van der Waals surface area (Å²) in [4.78, 5) is 14.1. The van der Waals surface area contributed by atoms with Crippen molar-refractivity contribution < 1.29 is 18.0 Å². The predicted molar refractivity (Wildman–Crippen MR) is 95.2 cm³/mol. The monoisotopic (exact) mass is 414 g/mol. The fourth-order valence-electron chi connectivity index (χ4n) is 2.38. The van der Waals surface area contributed by atoms with Crippen molar-refractivity contribution in [1.82, 2.24) is 4.90 Å². The predicted octanol–water partition coefficient (Wildman–Crippen LogP) is 4.93. The Morgan fingerprint density at radius 2 is 1.76 bits per heavy atom. The van der Waals surface area contributed by atoms with Gasteiger partial charge in [-0.2, -0.15) is 13.2 Å². The summed E-state index contributed by atoms with van der Waals surface area (Å²) in [6.07, 6.45) is -4.51. The minimum absolute atomic E-state index is 0.00399. The Kier molecular flexibility index (Phi) is 6.61. The van der Waals surface area contributed by atoms with Crippen LogP contribution in [0.1, 0.15) is 18.1 Å². The summed E-state index contributed by atoms with van der Waals surface area (Å²) in [5.74, 6) is -0.481. The lowest BCUT2D eigenvalue weighted by atomic mass is 10.1. The zero-order valence-electron chi connectivity index (χ0n) is 13.6. The first-order chi connectivity index (χ1) is 11.8. The third kappa shape index (κ3) is 5.57. The number of amides is 1. The molecule has 0 saturated carbocycles. The molecule has 0 radical (unpaired) electrons. The Bertz CT molecular complexity index is 734. The number of likely N-dealkylation sites (N-methyl/N-ethyl adjacent to an activating group) is 1. The van der Waals surface area contributed by atoms with Crippen LogP contribution >= 0.6 is 15.9 Å². The van der Waals surface area contributed by atoms with Gasteiger partial charge in [-0.3, -0.25) is 9.69 Å². The van der Waals surface area contributed by atoms with E-state index in [-0.39, 0.29) is 12.2 Å². The highest BCUT2D eigenvalue weighted by Gasteiger charge is 2.33. The van der Waals surface area contributed by atoms with Gasteiger partial charge in [0.2, 0.25) is 5.91 Å². The first kappa shape index (κ1) is 19.5. The SMILES string of the molecule is CCN(CC(=O)Nc1ccccc1C(F)(F)F)Cc1ccccc1Br. The van der Waals surface area contributed by atoms with Gasteiger partial charge >= 0.3 is 6.18 Å². The minimum Gasteiger partial charge on any atom is -0.324 e. The minimum atomic E-state index is -4.51. The van der Waals surface area contributed by atoms with Crippen molar-refractivity contribution in [2.24, 2.45) is 0 Å². The number of hydrogen-bond acceptors (Lipinski definition) is 2. The van der Waals surface area contributed by atoms with Crippen LogP contribution in [0.5, 0.6) is 0 Å². The first-order valence-electron chi connectivity index (χ1n) is 7.73. The Hall–Kier alpha value is -1.86. The Balaban J connectivity index is 2.05.